The molecule has 2 aromatic carbocycles. The second-order valence-electron chi connectivity index (χ2n) is 7.09. The lowest BCUT2D eigenvalue weighted by Crippen LogP contribution is -2.49. The van der Waals surface area contributed by atoms with Crippen molar-refractivity contribution in [1.82, 2.24) is 9.21 Å². The summed E-state index contributed by atoms with van der Waals surface area (Å²) in [6.45, 7) is 6.92. The number of nitrogens with zero attached hydrogens (tertiary/aromatic N) is 2. The van der Waals surface area contributed by atoms with Crippen molar-refractivity contribution in [3.05, 3.63) is 72.8 Å². The highest BCUT2D eigenvalue weighted by atomic mass is 32.2. The van der Waals surface area contributed by atoms with Crippen LogP contribution in [0.25, 0.3) is 0 Å². The number of rotatable bonds is 9. The van der Waals surface area contributed by atoms with E-state index in [2.05, 4.69) is 24.0 Å². The number of anilines is 1. The Morgan fingerprint density at radius 1 is 1.03 bits per heavy atom. The first-order valence-corrected chi connectivity index (χ1v) is 11.2. The number of nitrogens with one attached hydrogen (secondary N) is 1. The van der Waals surface area contributed by atoms with Gasteiger partial charge < -0.3 is 10.2 Å². The van der Waals surface area contributed by atoms with Gasteiger partial charge in [0.1, 0.15) is 11.0 Å². The summed E-state index contributed by atoms with van der Waals surface area (Å²) in [6, 6.07) is 17.9. The summed E-state index contributed by atoms with van der Waals surface area (Å²) < 4.78 is 14.8. The van der Waals surface area contributed by atoms with Gasteiger partial charge in [0.25, 0.3) is 0 Å². The first-order valence-electron chi connectivity index (χ1n) is 10.1. The Morgan fingerprint density at radius 3 is 2.38 bits per heavy atom. The van der Waals surface area contributed by atoms with Crippen molar-refractivity contribution in [2.45, 2.75) is 24.2 Å². The summed E-state index contributed by atoms with van der Waals surface area (Å²) in [5.41, 5.74) is 2.25. The summed E-state index contributed by atoms with van der Waals surface area (Å²) >= 11 is 0. The third-order valence-corrected chi connectivity index (χ3v) is 6.54. The number of carbonyl (C=O) groups excluding carboxylic acids is 1. The van der Waals surface area contributed by atoms with Gasteiger partial charge in [-0.2, -0.15) is 0 Å². The molecular formula is C23H29N3O2S. The second kappa shape index (κ2) is 10.9. The summed E-state index contributed by atoms with van der Waals surface area (Å²) in [7, 11) is -1.19. The standard InChI is InChI=1S/C23H29N3O2S/c1-2-15-24-21-11-13-22(14-12-21)29(28)26-18-16-25(17-19-26)23(27)10-6-9-20-7-4-3-5-8-20/h2-5,7-8,11-14,24H,1,6,9-10,15-19H2. The molecule has 0 spiro atoms. The van der Waals surface area contributed by atoms with Crippen molar-refractivity contribution in [2.75, 3.05) is 38.0 Å². The minimum Gasteiger partial charge on any atom is -0.382 e. The third kappa shape index (κ3) is 6.27. The number of amides is 1. The Morgan fingerprint density at radius 2 is 1.72 bits per heavy atom. The molecule has 1 saturated heterocycles. The zero-order valence-corrected chi connectivity index (χ0v) is 17.6. The van der Waals surface area contributed by atoms with E-state index in [0.29, 0.717) is 39.1 Å². The van der Waals surface area contributed by atoms with Crippen LogP contribution in [0.15, 0.2) is 72.1 Å². The van der Waals surface area contributed by atoms with E-state index in [1.54, 1.807) is 6.08 Å². The van der Waals surface area contributed by atoms with Crippen LogP contribution in [0.5, 0.6) is 0 Å². The lowest BCUT2D eigenvalue weighted by molar-refractivity contribution is -0.132. The SMILES string of the molecule is C=CCNc1ccc(S(=O)N2CCN(C(=O)CCCc3ccccc3)CC2)cc1. The predicted molar refractivity (Wildman–Crippen MR) is 119 cm³/mol. The van der Waals surface area contributed by atoms with Crippen LogP contribution in [0.3, 0.4) is 0 Å². The summed E-state index contributed by atoms with van der Waals surface area (Å²) in [5, 5.41) is 3.21. The summed E-state index contributed by atoms with van der Waals surface area (Å²) in [6.07, 6.45) is 4.15. The molecule has 1 fully saturated rings. The molecular weight excluding hydrogens is 382 g/mol. The maximum atomic E-state index is 12.8. The highest BCUT2D eigenvalue weighted by molar-refractivity contribution is 7.82. The van der Waals surface area contributed by atoms with Gasteiger partial charge in [0.2, 0.25) is 5.91 Å². The number of benzene rings is 2. The van der Waals surface area contributed by atoms with E-state index in [1.807, 2.05) is 51.7 Å². The summed E-state index contributed by atoms with van der Waals surface area (Å²) in [4.78, 5) is 15.2. The second-order valence-corrected chi connectivity index (χ2v) is 8.58. The third-order valence-electron chi connectivity index (χ3n) is 5.03. The molecule has 2 aromatic rings. The van der Waals surface area contributed by atoms with Gasteiger partial charge in [-0.05, 0) is 42.7 Å². The van der Waals surface area contributed by atoms with Gasteiger partial charge in [0.15, 0.2) is 0 Å². The fraction of sp³-hybridized carbons (Fsp3) is 0.348. The van der Waals surface area contributed by atoms with Crippen molar-refractivity contribution in [2.24, 2.45) is 0 Å². The molecule has 1 N–H and O–H groups in total. The molecule has 1 amide bonds. The van der Waals surface area contributed by atoms with Gasteiger partial charge in [-0.3, -0.25) is 4.79 Å². The Bertz CT molecular complexity index is 816. The molecule has 5 nitrogen and oxygen atoms in total. The molecule has 0 aliphatic carbocycles. The Hall–Kier alpha value is -2.44. The predicted octanol–water partition coefficient (Wildman–Crippen LogP) is 3.47. The molecule has 154 valence electrons. The van der Waals surface area contributed by atoms with E-state index in [-0.39, 0.29) is 5.91 Å². The number of hydrogen-bond acceptors (Lipinski definition) is 3. The van der Waals surface area contributed by atoms with Crippen LogP contribution in [-0.2, 0) is 22.2 Å². The van der Waals surface area contributed by atoms with Gasteiger partial charge in [-0.25, -0.2) is 8.51 Å². The fourth-order valence-electron chi connectivity index (χ4n) is 3.38. The molecule has 6 heteroatoms. The number of hydrogen-bond donors (Lipinski definition) is 1. The molecule has 1 aliphatic rings. The molecule has 0 bridgehead atoms. The number of aryl methyl sites for hydroxylation is 1. The Kier molecular flexibility index (Phi) is 8.02. The zero-order valence-electron chi connectivity index (χ0n) is 16.8. The summed E-state index contributed by atoms with van der Waals surface area (Å²) in [5.74, 6) is 0.198. The first kappa shape index (κ1) is 21.3. The van der Waals surface area contributed by atoms with E-state index >= 15 is 0 Å². The minimum atomic E-state index is -1.19. The zero-order chi connectivity index (χ0) is 20.5. The number of carbonyl (C=O) groups is 1. The van der Waals surface area contributed by atoms with Crippen LogP contribution < -0.4 is 5.32 Å². The van der Waals surface area contributed by atoms with Crippen LogP contribution >= 0.6 is 0 Å². The van der Waals surface area contributed by atoms with Crippen molar-refractivity contribution < 1.29 is 9.00 Å². The quantitative estimate of drug-likeness (QED) is 0.643. The van der Waals surface area contributed by atoms with Gasteiger partial charge >= 0.3 is 0 Å². The topological polar surface area (TPSA) is 52.7 Å². The van der Waals surface area contributed by atoms with E-state index in [9.17, 15) is 9.00 Å². The molecule has 0 saturated carbocycles. The van der Waals surface area contributed by atoms with Gasteiger partial charge in [0, 0.05) is 44.8 Å². The van der Waals surface area contributed by atoms with Gasteiger partial charge in [-0.15, -0.1) is 6.58 Å². The largest absolute Gasteiger partial charge is 0.382 e. The molecule has 1 unspecified atom stereocenters. The average molecular weight is 412 g/mol. The van der Waals surface area contributed by atoms with Crippen LogP contribution in [-0.4, -0.2) is 52.0 Å². The van der Waals surface area contributed by atoms with Crippen LogP contribution in [0.4, 0.5) is 5.69 Å². The molecule has 3 rings (SSSR count). The van der Waals surface area contributed by atoms with Crippen LogP contribution in [0.2, 0.25) is 0 Å². The van der Waals surface area contributed by atoms with Crippen molar-refractivity contribution in [3.63, 3.8) is 0 Å². The highest BCUT2D eigenvalue weighted by Crippen LogP contribution is 2.17. The van der Waals surface area contributed by atoms with E-state index in [0.717, 1.165) is 23.4 Å². The minimum absolute atomic E-state index is 0.198. The van der Waals surface area contributed by atoms with Crippen molar-refractivity contribution in [3.8, 4) is 0 Å². The van der Waals surface area contributed by atoms with Crippen molar-refractivity contribution in [1.29, 1.82) is 0 Å². The monoisotopic (exact) mass is 411 g/mol. The first-order chi connectivity index (χ1) is 14.2. The lowest BCUT2D eigenvalue weighted by atomic mass is 10.1. The van der Waals surface area contributed by atoms with Crippen LogP contribution in [0, 0.1) is 0 Å². The molecule has 1 aliphatic heterocycles. The molecule has 1 heterocycles. The van der Waals surface area contributed by atoms with E-state index in [1.165, 1.54) is 5.56 Å². The maximum absolute atomic E-state index is 12.8. The molecule has 29 heavy (non-hydrogen) atoms. The Labute approximate surface area is 176 Å². The molecule has 1 atom stereocenters. The smallest absolute Gasteiger partial charge is 0.222 e. The maximum Gasteiger partial charge on any atom is 0.222 e. The van der Waals surface area contributed by atoms with Crippen molar-refractivity contribution >= 4 is 22.6 Å². The van der Waals surface area contributed by atoms with Gasteiger partial charge in [-0.1, -0.05) is 36.4 Å². The molecule has 0 radical (unpaired) electrons. The Balaban J connectivity index is 1.42. The highest BCUT2D eigenvalue weighted by Gasteiger charge is 2.24. The molecule has 0 aromatic heterocycles. The normalized spacial score (nSPS) is 15.7. The number of piperazine rings is 1. The van der Waals surface area contributed by atoms with Crippen LogP contribution in [0.1, 0.15) is 18.4 Å². The lowest BCUT2D eigenvalue weighted by Gasteiger charge is -2.33. The van der Waals surface area contributed by atoms with E-state index < -0.39 is 11.0 Å². The van der Waals surface area contributed by atoms with E-state index in [4.69, 9.17) is 0 Å². The average Bonchev–Trinajstić information content (AvgIpc) is 2.78. The van der Waals surface area contributed by atoms with Gasteiger partial charge in [0.05, 0.1) is 4.90 Å². The fourth-order valence-corrected chi connectivity index (χ4v) is 4.54.